The summed E-state index contributed by atoms with van der Waals surface area (Å²) >= 11 is 0. The van der Waals surface area contributed by atoms with Crippen LogP contribution in [-0.2, 0) is 22.4 Å². The number of phenolic OH excluding ortho intramolecular Hbond substituents is 2. The van der Waals surface area contributed by atoms with Crippen molar-refractivity contribution in [3.8, 4) is 22.6 Å². The van der Waals surface area contributed by atoms with E-state index in [9.17, 15) is 19.8 Å². The first-order valence-corrected chi connectivity index (χ1v) is 11.6. The van der Waals surface area contributed by atoms with Crippen molar-refractivity contribution in [1.29, 1.82) is 0 Å². The second kappa shape index (κ2) is 10.8. The van der Waals surface area contributed by atoms with Gasteiger partial charge in [-0.05, 0) is 95.8 Å². The van der Waals surface area contributed by atoms with E-state index in [0.29, 0.717) is 0 Å². The van der Waals surface area contributed by atoms with Crippen molar-refractivity contribution >= 4 is 23.2 Å². The number of aromatic hydroxyl groups is 2. The summed E-state index contributed by atoms with van der Waals surface area (Å²) in [7, 11) is 0. The van der Waals surface area contributed by atoms with Crippen LogP contribution in [0.3, 0.4) is 0 Å². The minimum absolute atomic E-state index is 0.125. The van der Waals surface area contributed by atoms with E-state index in [-0.39, 0.29) is 36.2 Å². The molecule has 182 valence electrons. The van der Waals surface area contributed by atoms with Gasteiger partial charge in [0.1, 0.15) is 11.5 Å². The van der Waals surface area contributed by atoms with Crippen molar-refractivity contribution in [2.45, 2.75) is 26.7 Å². The topological polar surface area (TPSA) is 98.7 Å². The molecule has 6 heteroatoms. The van der Waals surface area contributed by atoms with Crippen LogP contribution in [0.1, 0.15) is 22.3 Å². The van der Waals surface area contributed by atoms with Crippen LogP contribution in [-0.4, -0.2) is 22.0 Å². The van der Waals surface area contributed by atoms with Crippen LogP contribution in [0, 0.1) is 13.8 Å². The standard InChI is InChI=1S/C30H28N2O4/c1-19-15-23(7-13-27(19)31-29(35)17-21-3-9-25(33)10-4-21)24-8-14-28(20(2)16-24)32-30(36)18-22-5-11-26(34)12-6-22/h3-16,33-34H,17-18H2,1-2H3,(H,31,35)(H,32,36). The fourth-order valence-electron chi connectivity index (χ4n) is 3.95. The number of carbonyl (C=O) groups is 2. The fourth-order valence-corrected chi connectivity index (χ4v) is 3.95. The van der Waals surface area contributed by atoms with Gasteiger partial charge in [-0.3, -0.25) is 9.59 Å². The highest BCUT2D eigenvalue weighted by atomic mass is 16.3. The molecular formula is C30H28N2O4. The van der Waals surface area contributed by atoms with Crippen molar-refractivity contribution in [3.63, 3.8) is 0 Å². The molecule has 0 bridgehead atoms. The number of nitrogens with one attached hydrogen (secondary N) is 2. The first-order chi connectivity index (χ1) is 17.3. The summed E-state index contributed by atoms with van der Waals surface area (Å²) < 4.78 is 0. The summed E-state index contributed by atoms with van der Waals surface area (Å²) in [6, 6.07) is 24.9. The zero-order valence-corrected chi connectivity index (χ0v) is 20.2. The lowest BCUT2D eigenvalue weighted by Crippen LogP contribution is -2.15. The Bertz CT molecular complexity index is 1280. The molecule has 0 heterocycles. The summed E-state index contributed by atoms with van der Waals surface area (Å²) in [6.07, 6.45) is 0.446. The molecule has 0 aliphatic heterocycles. The van der Waals surface area contributed by atoms with Crippen LogP contribution in [0.2, 0.25) is 0 Å². The molecule has 4 N–H and O–H groups in total. The SMILES string of the molecule is Cc1cc(-c2ccc(NC(=O)Cc3ccc(O)cc3)c(C)c2)ccc1NC(=O)Cc1ccc(O)cc1. The molecule has 4 rings (SSSR count). The van der Waals surface area contributed by atoms with E-state index in [0.717, 1.165) is 44.8 Å². The Morgan fingerprint density at radius 2 is 0.944 bits per heavy atom. The maximum atomic E-state index is 12.5. The Morgan fingerprint density at radius 1 is 0.583 bits per heavy atom. The molecule has 0 saturated heterocycles. The number of phenols is 2. The number of rotatable bonds is 7. The van der Waals surface area contributed by atoms with Gasteiger partial charge in [-0.1, -0.05) is 36.4 Å². The second-order valence-corrected chi connectivity index (χ2v) is 8.84. The molecular weight excluding hydrogens is 452 g/mol. The van der Waals surface area contributed by atoms with Crippen LogP contribution >= 0.6 is 0 Å². The normalized spacial score (nSPS) is 10.6. The minimum atomic E-state index is -0.125. The van der Waals surface area contributed by atoms with E-state index >= 15 is 0 Å². The Hall–Kier alpha value is -4.58. The first kappa shape index (κ1) is 24.5. The number of anilines is 2. The summed E-state index contributed by atoms with van der Waals surface area (Å²) in [5, 5.41) is 24.7. The van der Waals surface area contributed by atoms with E-state index in [4.69, 9.17) is 0 Å². The van der Waals surface area contributed by atoms with Gasteiger partial charge in [-0.15, -0.1) is 0 Å². The molecule has 0 fully saturated rings. The largest absolute Gasteiger partial charge is 0.508 e. The second-order valence-electron chi connectivity index (χ2n) is 8.84. The van der Waals surface area contributed by atoms with Crippen molar-refractivity contribution in [2.24, 2.45) is 0 Å². The third-order valence-corrected chi connectivity index (χ3v) is 5.94. The number of benzene rings is 4. The van der Waals surface area contributed by atoms with Crippen molar-refractivity contribution in [3.05, 3.63) is 107 Å². The van der Waals surface area contributed by atoms with Crippen molar-refractivity contribution in [2.75, 3.05) is 10.6 Å². The highest BCUT2D eigenvalue weighted by molar-refractivity contribution is 5.94. The Kier molecular flexibility index (Phi) is 7.35. The van der Waals surface area contributed by atoms with Crippen LogP contribution in [0.5, 0.6) is 11.5 Å². The molecule has 0 aliphatic rings. The summed E-state index contributed by atoms with van der Waals surface area (Å²) in [6.45, 7) is 3.90. The molecule has 0 aromatic heterocycles. The lowest BCUT2D eigenvalue weighted by atomic mass is 9.99. The van der Waals surface area contributed by atoms with Gasteiger partial charge in [-0.2, -0.15) is 0 Å². The molecule has 0 spiro atoms. The van der Waals surface area contributed by atoms with E-state index in [2.05, 4.69) is 10.6 Å². The lowest BCUT2D eigenvalue weighted by molar-refractivity contribution is -0.116. The highest BCUT2D eigenvalue weighted by Gasteiger charge is 2.10. The zero-order chi connectivity index (χ0) is 25.7. The van der Waals surface area contributed by atoms with E-state index in [1.165, 1.54) is 0 Å². The molecule has 0 atom stereocenters. The molecule has 0 unspecified atom stereocenters. The predicted octanol–water partition coefficient (Wildman–Crippen LogP) is 5.74. The van der Waals surface area contributed by atoms with Gasteiger partial charge in [0.05, 0.1) is 12.8 Å². The van der Waals surface area contributed by atoms with Gasteiger partial charge in [0, 0.05) is 11.4 Å². The van der Waals surface area contributed by atoms with Crippen molar-refractivity contribution < 1.29 is 19.8 Å². The number of aryl methyl sites for hydroxylation is 2. The Labute approximate surface area is 210 Å². The van der Waals surface area contributed by atoms with Gasteiger partial charge >= 0.3 is 0 Å². The monoisotopic (exact) mass is 480 g/mol. The first-order valence-electron chi connectivity index (χ1n) is 11.6. The molecule has 2 amide bonds. The molecule has 4 aromatic carbocycles. The van der Waals surface area contributed by atoms with Crippen molar-refractivity contribution in [1.82, 2.24) is 0 Å². The number of hydrogen-bond acceptors (Lipinski definition) is 4. The zero-order valence-electron chi connectivity index (χ0n) is 20.2. The van der Waals surface area contributed by atoms with Gasteiger partial charge in [0.2, 0.25) is 11.8 Å². The highest BCUT2D eigenvalue weighted by Crippen LogP contribution is 2.28. The fraction of sp³-hybridized carbons (Fsp3) is 0.133. The maximum absolute atomic E-state index is 12.5. The third kappa shape index (κ3) is 6.30. The minimum Gasteiger partial charge on any atom is -0.508 e. The van der Waals surface area contributed by atoms with Gasteiger partial charge in [0.15, 0.2) is 0 Å². The van der Waals surface area contributed by atoms with E-state index in [1.54, 1.807) is 48.5 Å². The summed E-state index contributed by atoms with van der Waals surface area (Å²) in [5.41, 5.74) is 7.04. The van der Waals surface area contributed by atoms with Crippen LogP contribution in [0.25, 0.3) is 11.1 Å². The van der Waals surface area contributed by atoms with Crippen LogP contribution in [0.15, 0.2) is 84.9 Å². The predicted molar refractivity (Wildman–Crippen MR) is 142 cm³/mol. The molecule has 0 radical (unpaired) electrons. The summed E-state index contributed by atoms with van der Waals surface area (Å²) in [4.78, 5) is 24.9. The van der Waals surface area contributed by atoms with Gasteiger partial charge in [-0.25, -0.2) is 0 Å². The number of amides is 2. The molecule has 4 aromatic rings. The average Bonchev–Trinajstić information content (AvgIpc) is 2.84. The Balaban J connectivity index is 1.40. The lowest BCUT2D eigenvalue weighted by Gasteiger charge is -2.13. The molecule has 6 nitrogen and oxygen atoms in total. The van der Waals surface area contributed by atoms with Crippen LogP contribution < -0.4 is 10.6 Å². The Morgan fingerprint density at radius 3 is 1.28 bits per heavy atom. The smallest absolute Gasteiger partial charge is 0.228 e. The number of hydrogen-bond donors (Lipinski definition) is 4. The average molecular weight is 481 g/mol. The van der Waals surface area contributed by atoms with E-state index in [1.807, 2.05) is 50.2 Å². The molecule has 36 heavy (non-hydrogen) atoms. The van der Waals surface area contributed by atoms with E-state index < -0.39 is 0 Å². The number of carbonyl (C=O) groups excluding carboxylic acids is 2. The molecule has 0 aliphatic carbocycles. The summed E-state index contributed by atoms with van der Waals surface area (Å²) in [5.74, 6) is 0.0928. The van der Waals surface area contributed by atoms with Gasteiger partial charge in [0.25, 0.3) is 0 Å². The third-order valence-electron chi connectivity index (χ3n) is 5.94. The van der Waals surface area contributed by atoms with Crippen LogP contribution in [0.4, 0.5) is 11.4 Å². The maximum Gasteiger partial charge on any atom is 0.228 e. The molecule has 0 saturated carbocycles. The van der Waals surface area contributed by atoms with Gasteiger partial charge < -0.3 is 20.8 Å². The quantitative estimate of drug-likeness (QED) is 0.271.